The number of carbonyl (C=O) groups excluding carboxylic acids is 1. The number of ether oxygens (including phenoxy) is 1. The van der Waals surface area contributed by atoms with Gasteiger partial charge in [0, 0.05) is 13.0 Å². The van der Waals surface area contributed by atoms with Gasteiger partial charge in [-0.1, -0.05) is 13.3 Å². The van der Waals surface area contributed by atoms with Crippen molar-refractivity contribution in [2.75, 3.05) is 5.73 Å². The van der Waals surface area contributed by atoms with Crippen molar-refractivity contribution in [1.82, 2.24) is 19.1 Å². The predicted molar refractivity (Wildman–Crippen MR) is 86.7 cm³/mol. The van der Waals surface area contributed by atoms with Gasteiger partial charge in [0.15, 0.2) is 11.9 Å². The van der Waals surface area contributed by atoms with Crippen molar-refractivity contribution in [3.63, 3.8) is 0 Å². The number of halogens is 3. The number of carbonyl (C=O) groups is 1. The number of aromatic nitrogens is 4. The Kier molecular flexibility index (Phi) is 4.95. The molecule has 3 heterocycles. The lowest BCUT2D eigenvalue weighted by molar-refractivity contribution is -0.183. The van der Waals surface area contributed by atoms with Crippen molar-refractivity contribution in [3.05, 3.63) is 16.7 Å². The zero-order valence-corrected chi connectivity index (χ0v) is 14.3. The summed E-state index contributed by atoms with van der Waals surface area (Å²) in [6.07, 6.45) is -7.81. The highest BCUT2D eigenvalue weighted by Crippen LogP contribution is 2.34. The number of nitrogens with two attached hydrogens (primary N) is 1. The van der Waals surface area contributed by atoms with Gasteiger partial charge in [0.2, 0.25) is 5.95 Å². The number of nitrogens with zero attached hydrogens (tertiary/aromatic N) is 4. The standard InChI is InChI=1S/C15H18F3N5O4/c1-2-3-4-22-7-6-20-13(19)21-11(7)23(14(22)26)12-8(24)5-9(27-12)10(25)15(16,17)18/h6,8-9,12,24H,2-5H2,1H3,(H2,19,20,21)/t8-,9+,12-/m1/s1. The van der Waals surface area contributed by atoms with Crippen LogP contribution in [0.1, 0.15) is 32.4 Å². The van der Waals surface area contributed by atoms with E-state index in [1.165, 1.54) is 10.8 Å². The third-order valence-electron chi connectivity index (χ3n) is 4.37. The Bertz CT molecular complexity index is 923. The Balaban J connectivity index is 2.06. The first-order valence-electron chi connectivity index (χ1n) is 8.33. The number of hydrogen-bond donors (Lipinski definition) is 2. The number of rotatable bonds is 5. The Labute approximate surface area is 150 Å². The van der Waals surface area contributed by atoms with Crippen LogP contribution in [0.5, 0.6) is 0 Å². The SMILES string of the molecule is CCCCn1c(=O)n([C@@H]2O[C@H](C(=O)C(F)(F)F)C[C@H]2O)c2nc(N)ncc21. The average molecular weight is 389 g/mol. The Morgan fingerprint density at radius 1 is 1.48 bits per heavy atom. The molecular formula is C15H18F3N5O4. The van der Waals surface area contributed by atoms with Crippen molar-refractivity contribution >= 4 is 22.9 Å². The molecule has 148 valence electrons. The largest absolute Gasteiger partial charge is 0.452 e. The lowest BCUT2D eigenvalue weighted by Gasteiger charge is -2.16. The number of alkyl halides is 3. The van der Waals surface area contributed by atoms with Crippen LogP contribution >= 0.6 is 0 Å². The van der Waals surface area contributed by atoms with Gasteiger partial charge in [0.25, 0.3) is 5.78 Å². The smallest absolute Gasteiger partial charge is 0.388 e. The summed E-state index contributed by atoms with van der Waals surface area (Å²) >= 11 is 0. The van der Waals surface area contributed by atoms with Gasteiger partial charge in [-0.2, -0.15) is 18.2 Å². The van der Waals surface area contributed by atoms with E-state index in [0.29, 0.717) is 18.5 Å². The molecule has 0 aromatic carbocycles. The Hall–Kier alpha value is -2.47. The van der Waals surface area contributed by atoms with Gasteiger partial charge in [-0.05, 0) is 6.42 Å². The van der Waals surface area contributed by atoms with Crippen molar-refractivity contribution in [1.29, 1.82) is 0 Å². The van der Waals surface area contributed by atoms with Gasteiger partial charge >= 0.3 is 11.9 Å². The highest BCUT2D eigenvalue weighted by molar-refractivity contribution is 5.88. The number of hydrogen-bond acceptors (Lipinski definition) is 7. The van der Waals surface area contributed by atoms with Gasteiger partial charge in [-0.25, -0.2) is 14.3 Å². The maximum atomic E-state index is 12.8. The summed E-state index contributed by atoms with van der Waals surface area (Å²) in [6.45, 7) is 2.25. The number of Topliss-reactive ketones (excluding diaryl/α,β-unsaturated/α-hetero) is 1. The second-order valence-electron chi connectivity index (χ2n) is 6.28. The lowest BCUT2D eigenvalue weighted by Crippen LogP contribution is -2.35. The van der Waals surface area contributed by atoms with Gasteiger partial charge in [0.05, 0.1) is 6.20 Å². The van der Waals surface area contributed by atoms with Crippen LogP contribution in [0.15, 0.2) is 11.0 Å². The van der Waals surface area contributed by atoms with E-state index in [1.54, 1.807) is 0 Å². The van der Waals surface area contributed by atoms with Crippen LogP contribution in [0.4, 0.5) is 19.1 Å². The summed E-state index contributed by atoms with van der Waals surface area (Å²) in [6, 6.07) is 0. The monoisotopic (exact) mass is 389 g/mol. The maximum Gasteiger partial charge on any atom is 0.452 e. The predicted octanol–water partition coefficient (Wildman–Crippen LogP) is 0.755. The average Bonchev–Trinajstić information content (AvgIpc) is 3.08. The Morgan fingerprint density at radius 2 is 2.19 bits per heavy atom. The zero-order chi connectivity index (χ0) is 19.9. The summed E-state index contributed by atoms with van der Waals surface area (Å²) < 4.78 is 45.4. The van der Waals surface area contributed by atoms with Crippen LogP contribution in [0.25, 0.3) is 11.2 Å². The molecule has 0 amide bonds. The third kappa shape index (κ3) is 3.41. The first-order chi connectivity index (χ1) is 12.6. The number of ketones is 1. The van der Waals surface area contributed by atoms with Gasteiger partial charge in [-0.15, -0.1) is 0 Å². The van der Waals surface area contributed by atoms with Crippen LogP contribution in [0, 0.1) is 0 Å². The highest BCUT2D eigenvalue weighted by atomic mass is 19.4. The first-order valence-corrected chi connectivity index (χ1v) is 8.33. The molecule has 1 aliphatic heterocycles. The summed E-state index contributed by atoms with van der Waals surface area (Å²) in [5, 5.41) is 10.2. The van der Waals surface area contributed by atoms with E-state index in [9.17, 15) is 27.9 Å². The van der Waals surface area contributed by atoms with Gasteiger partial charge < -0.3 is 15.6 Å². The fraction of sp³-hybridized carbons (Fsp3) is 0.600. The van der Waals surface area contributed by atoms with Crippen LogP contribution in [0.3, 0.4) is 0 Å². The van der Waals surface area contributed by atoms with Crippen molar-refractivity contribution < 1.29 is 27.8 Å². The molecule has 0 bridgehead atoms. The number of unbranched alkanes of at least 4 members (excludes halogenated alkanes) is 1. The number of anilines is 1. The van der Waals surface area contributed by atoms with E-state index in [4.69, 9.17) is 10.5 Å². The molecule has 0 unspecified atom stereocenters. The highest BCUT2D eigenvalue weighted by Gasteiger charge is 2.50. The number of aliphatic hydroxyl groups is 1. The fourth-order valence-electron chi connectivity index (χ4n) is 3.07. The molecule has 3 rings (SSSR count). The van der Waals surface area contributed by atoms with E-state index in [0.717, 1.165) is 11.0 Å². The zero-order valence-electron chi connectivity index (χ0n) is 14.3. The van der Waals surface area contributed by atoms with Crippen LogP contribution < -0.4 is 11.4 Å². The number of nitrogen functional groups attached to an aromatic ring is 1. The molecule has 1 fully saturated rings. The minimum absolute atomic E-state index is 0.0211. The van der Waals surface area contributed by atoms with Gasteiger partial charge in [0.1, 0.15) is 17.7 Å². The molecular weight excluding hydrogens is 371 g/mol. The van der Waals surface area contributed by atoms with Gasteiger partial charge in [-0.3, -0.25) is 9.36 Å². The molecule has 1 aliphatic rings. The fourth-order valence-corrected chi connectivity index (χ4v) is 3.07. The number of imidazole rings is 1. The molecule has 2 aromatic heterocycles. The number of fused-ring (bicyclic) bond motifs is 1. The van der Waals surface area contributed by atoms with Crippen molar-refractivity contribution in [2.24, 2.45) is 0 Å². The van der Waals surface area contributed by atoms with Crippen molar-refractivity contribution in [2.45, 2.75) is 57.3 Å². The second kappa shape index (κ2) is 6.93. The molecule has 3 N–H and O–H groups in total. The molecule has 1 saturated heterocycles. The first kappa shape index (κ1) is 19.3. The second-order valence-corrected chi connectivity index (χ2v) is 6.28. The summed E-state index contributed by atoms with van der Waals surface area (Å²) in [5.74, 6) is -2.26. The molecule has 2 aromatic rings. The molecule has 0 radical (unpaired) electrons. The third-order valence-corrected chi connectivity index (χ3v) is 4.37. The van der Waals surface area contributed by atoms with Crippen LogP contribution in [0.2, 0.25) is 0 Å². The number of aryl methyl sites for hydroxylation is 1. The molecule has 9 nitrogen and oxygen atoms in total. The quantitative estimate of drug-likeness (QED) is 0.773. The molecule has 0 aliphatic carbocycles. The van der Waals surface area contributed by atoms with E-state index < -0.39 is 42.5 Å². The molecule has 0 saturated carbocycles. The minimum atomic E-state index is -5.11. The van der Waals surface area contributed by atoms with E-state index in [2.05, 4.69) is 9.97 Å². The lowest BCUT2D eigenvalue weighted by atomic mass is 10.1. The summed E-state index contributed by atoms with van der Waals surface area (Å²) in [5.41, 5.74) is 5.26. The number of aliphatic hydroxyl groups excluding tert-OH is 1. The Morgan fingerprint density at radius 3 is 2.81 bits per heavy atom. The summed E-state index contributed by atoms with van der Waals surface area (Å²) in [7, 11) is 0. The maximum absolute atomic E-state index is 12.8. The molecule has 3 atom stereocenters. The topological polar surface area (TPSA) is 125 Å². The normalized spacial score (nSPS) is 23.2. The van der Waals surface area contributed by atoms with Crippen LogP contribution in [-0.4, -0.2) is 48.4 Å². The van der Waals surface area contributed by atoms with E-state index in [-0.39, 0.29) is 11.6 Å². The minimum Gasteiger partial charge on any atom is -0.388 e. The van der Waals surface area contributed by atoms with Crippen LogP contribution in [-0.2, 0) is 16.1 Å². The molecule has 0 spiro atoms. The molecule has 12 heteroatoms. The van der Waals surface area contributed by atoms with E-state index in [1.807, 2.05) is 6.92 Å². The molecule has 27 heavy (non-hydrogen) atoms. The van der Waals surface area contributed by atoms with Crippen molar-refractivity contribution in [3.8, 4) is 0 Å². The van der Waals surface area contributed by atoms with E-state index >= 15 is 0 Å². The summed E-state index contributed by atoms with van der Waals surface area (Å²) in [4.78, 5) is 32.1.